The van der Waals surface area contributed by atoms with Crippen LogP contribution < -0.4 is 5.73 Å². The van der Waals surface area contributed by atoms with Crippen LogP contribution in [0.15, 0.2) is 18.2 Å². The molecule has 2 aromatic rings. The van der Waals surface area contributed by atoms with Crippen LogP contribution >= 0.6 is 0 Å². The van der Waals surface area contributed by atoms with Gasteiger partial charge in [-0.05, 0) is 24.6 Å². The second kappa shape index (κ2) is 4.64. The second-order valence-corrected chi connectivity index (χ2v) is 3.92. The van der Waals surface area contributed by atoms with E-state index in [4.69, 9.17) is 10.5 Å². The Hall–Kier alpha value is -2.11. The maximum atomic E-state index is 13.3. The minimum atomic E-state index is -0.596. The topological polar surface area (TPSA) is 70.1 Å². The molecule has 1 aromatic heterocycles. The van der Waals surface area contributed by atoms with Gasteiger partial charge in [-0.25, -0.2) is 14.2 Å². The minimum Gasteiger partial charge on any atom is -0.467 e. The monoisotopic (exact) mass is 251 g/mol. The third-order valence-electron chi connectivity index (χ3n) is 2.85. The average molecular weight is 251 g/mol. The van der Waals surface area contributed by atoms with E-state index >= 15 is 0 Å². The molecule has 1 unspecified atom stereocenters. The number of halogens is 1. The molecule has 18 heavy (non-hydrogen) atoms. The van der Waals surface area contributed by atoms with E-state index in [2.05, 4.69) is 4.98 Å². The van der Waals surface area contributed by atoms with E-state index in [0.29, 0.717) is 17.5 Å². The van der Waals surface area contributed by atoms with Gasteiger partial charge in [0.1, 0.15) is 11.9 Å². The summed E-state index contributed by atoms with van der Waals surface area (Å²) in [5.41, 5.74) is 6.84. The number of nitrogen functional groups attached to an aromatic ring is 1. The highest BCUT2D eigenvalue weighted by Gasteiger charge is 2.23. The lowest BCUT2D eigenvalue weighted by Crippen LogP contribution is -2.21. The molecular formula is C12H14FN3O2. The second-order valence-electron chi connectivity index (χ2n) is 3.92. The van der Waals surface area contributed by atoms with Crippen LogP contribution in [-0.2, 0) is 9.53 Å². The van der Waals surface area contributed by atoms with E-state index in [0.717, 1.165) is 0 Å². The molecule has 1 heterocycles. The van der Waals surface area contributed by atoms with Crippen LogP contribution in [0.2, 0.25) is 0 Å². The predicted octanol–water partition coefficient (Wildman–Crippen LogP) is 1.88. The smallest absolute Gasteiger partial charge is 0.328 e. The SMILES string of the molecule is CCC(C(=O)OC)n1c(N)nc2ccc(F)cc21. The number of methoxy groups -OCH3 is 1. The Bertz CT molecular complexity index is 594. The molecule has 2 rings (SSSR count). The Kier molecular flexibility index (Phi) is 3.18. The number of carbonyl (C=O) groups is 1. The Morgan fingerprint density at radius 1 is 1.61 bits per heavy atom. The van der Waals surface area contributed by atoms with Gasteiger partial charge in [-0.2, -0.15) is 0 Å². The number of imidazole rings is 1. The van der Waals surface area contributed by atoms with Crippen molar-refractivity contribution in [2.24, 2.45) is 0 Å². The van der Waals surface area contributed by atoms with Crippen LogP contribution in [0.5, 0.6) is 0 Å². The summed E-state index contributed by atoms with van der Waals surface area (Å²) >= 11 is 0. The summed E-state index contributed by atoms with van der Waals surface area (Å²) in [6.07, 6.45) is 0.485. The van der Waals surface area contributed by atoms with Crippen LogP contribution in [0, 0.1) is 5.82 Å². The summed E-state index contributed by atoms with van der Waals surface area (Å²) in [7, 11) is 1.31. The first-order valence-corrected chi connectivity index (χ1v) is 5.59. The molecule has 1 atom stereocenters. The van der Waals surface area contributed by atoms with Gasteiger partial charge in [-0.15, -0.1) is 0 Å². The van der Waals surface area contributed by atoms with E-state index in [9.17, 15) is 9.18 Å². The number of nitrogens with two attached hydrogens (primary N) is 1. The van der Waals surface area contributed by atoms with Gasteiger partial charge in [0.15, 0.2) is 0 Å². The van der Waals surface area contributed by atoms with E-state index < -0.39 is 17.8 Å². The summed E-state index contributed by atoms with van der Waals surface area (Å²) in [5.74, 6) is -0.649. The van der Waals surface area contributed by atoms with Crippen molar-refractivity contribution in [2.45, 2.75) is 19.4 Å². The number of benzene rings is 1. The van der Waals surface area contributed by atoms with Crippen molar-refractivity contribution in [2.75, 3.05) is 12.8 Å². The number of fused-ring (bicyclic) bond motifs is 1. The number of aromatic nitrogens is 2. The maximum Gasteiger partial charge on any atom is 0.328 e. The minimum absolute atomic E-state index is 0.174. The molecular weight excluding hydrogens is 237 g/mol. The average Bonchev–Trinajstić information content (AvgIpc) is 2.67. The zero-order valence-electron chi connectivity index (χ0n) is 10.2. The summed E-state index contributed by atoms with van der Waals surface area (Å²) in [6, 6.07) is 3.55. The molecule has 0 aliphatic heterocycles. The number of nitrogens with zero attached hydrogens (tertiary/aromatic N) is 2. The molecule has 1 aromatic carbocycles. The highest BCUT2D eigenvalue weighted by atomic mass is 19.1. The Labute approximate surface area is 103 Å². The molecule has 0 aliphatic rings. The van der Waals surface area contributed by atoms with Gasteiger partial charge >= 0.3 is 5.97 Å². The molecule has 96 valence electrons. The number of anilines is 1. The standard InChI is InChI=1S/C12H14FN3O2/c1-3-9(11(17)18-2)16-10-6-7(13)4-5-8(10)15-12(16)14/h4-6,9H,3H2,1-2H3,(H2,14,15). The maximum absolute atomic E-state index is 13.3. The fraction of sp³-hybridized carbons (Fsp3) is 0.333. The fourth-order valence-electron chi connectivity index (χ4n) is 2.00. The van der Waals surface area contributed by atoms with Crippen molar-refractivity contribution < 1.29 is 13.9 Å². The molecule has 0 radical (unpaired) electrons. The molecule has 5 nitrogen and oxygen atoms in total. The molecule has 2 N–H and O–H groups in total. The molecule has 0 saturated heterocycles. The van der Waals surface area contributed by atoms with Crippen molar-refractivity contribution in [1.82, 2.24) is 9.55 Å². The summed E-state index contributed by atoms with van der Waals surface area (Å²) < 4.78 is 19.5. The highest BCUT2D eigenvalue weighted by molar-refractivity contribution is 5.83. The van der Waals surface area contributed by atoms with Crippen molar-refractivity contribution in [3.05, 3.63) is 24.0 Å². The summed E-state index contributed by atoms with van der Waals surface area (Å²) in [5, 5.41) is 0. The number of hydrogen-bond donors (Lipinski definition) is 1. The van der Waals surface area contributed by atoms with Crippen molar-refractivity contribution in [3.63, 3.8) is 0 Å². The third-order valence-corrected chi connectivity index (χ3v) is 2.85. The van der Waals surface area contributed by atoms with Crippen LogP contribution in [0.3, 0.4) is 0 Å². The van der Waals surface area contributed by atoms with Crippen LogP contribution in [-0.4, -0.2) is 22.6 Å². The van der Waals surface area contributed by atoms with Gasteiger partial charge in [-0.3, -0.25) is 4.57 Å². The van der Waals surface area contributed by atoms with Gasteiger partial charge in [-0.1, -0.05) is 6.92 Å². The van der Waals surface area contributed by atoms with Gasteiger partial charge < -0.3 is 10.5 Å². The van der Waals surface area contributed by atoms with Crippen molar-refractivity contribution in [1.29, 1.82) is 0 Å². The number of esters is 1. The van der Waals surface area contributed by atoms with Gasteiger partial charge in [0.25, 0.3) is 0 Å². The Balaban J connectivity index is 2.64. The zero-order valence-corrected chi connectivity index (χ0v) is 10.2. The van der Waals surface area contributed by atoms with Crippen LogP contribution in [0.25, 0.3) is 11.0 Å². The zero-order chi connectivity index (χ0) is 13.3. The van der Waals surface area contributed by atoms with E-state index in [1.165, 1.54) is 29.9 Å². The third kappa shape index (κ3) is 1.90. The Morgan fingerprint density at radius 3 is 2.94 bits per heavy atom. The van der Waals surface area contributed by atoms with Crippen molar-refractivity contribution in [3.8, 4) is 0 Å². The fourth-order valence-corrected chi connectivity index (χ4v) is 2.00. The molecule has 0 amide bonds. The summed E-state index contributed by atoms with van der Waals surface area (Å²) in [6.45, 7) is 1.83. The largest absolute Gasteiger partial charge is 0.467 e. The number of hydrogen-bond acceptors (Lipinski definition) is 4. The predicted molar refractivity (Wildman–Crippen MR) is 65.4 cm³/mol. The van der Waals surface area contributed by atoms with Gasteiger partial charge in [0.2, 0.25) is 5.95 Å². The van der Waals surface area contributed by atoms with E-state index in [1.54, 1.807) is 0 Å². The lowest BCUT2D eigenvalue weighted by molar-refractivity contribution is -0.144. The molecule has 0 bridgehead atoms. The molecule has 0 spiro atoms. The lowest BCUT2D eigenvalue weighted by atomic mass is 10.2. The Morgan fingerprint density at radius 2 is 2.33 bits per heavy atom. The molecule has 0 fully saturated rings. The molecule has 0 saturated carbocycles. The van der Waals surface area contributed by atoms with E-state index in [-0.39, 0.29) is 5.95 Å². The lowest BCUT2D eigenvalue weighted by Gasteiger charge is -2.16. The number of carbonyl (C=O) groups excluding carboxylic acids is 1. The van der Waals surface area contributed by atoms with Crippen LogP contribution in [0.4, 0.5) is 10.3 Å². The van der Waals surface area contributed by atoms with Crippen molar-refractivity contribution >= 4 is 23.0 Å². The highest BCUT2D eigenvalue weighted by Crippen LogP contribution is 2.26. The van der Waals surface area contributed by atoms with Crippen LogP contribution in [0.1, 0.15) is 19.4 Å². The normalized spacial score (nSPS) is 12.6. The van der Waals surface area contributed by atoms with Gasteiger partial charge in [0, 0.05) is 0 Å². The molecule has 0 aliphatic carbocycles. The quantitative estimate of drug-likeness (QED) is 0.845. The first-order chi connectivity index (χ1) is 8.58. The molecule has 6 heteroatoms. The van der Waals surface area contributed by atoms with E-state index in [1.807, 2.05) is 6.92 Å². The summed E-state index contributed by atoms with van der Waals surface area (Å²) in [4.78, 5) is 15.8. The number of rotatable bonds is 3. The first kappa shape index (κ1) is 12.3. The van der Waals surface area contributed by atoms with Gasteiger partial charge in [0.05, 0.1) is 18.1 Å². The first-order valence-electron chi connectivity index (χ1n) is 5.59. The number of ether oxygens (including phenoxy) is 1.